The number of benzene rings is 2. The average molecular weight is 484 g/mol. The van der Waals surface area contributed by atoms with E-state index >= 15 is 0 Å². The first kappa shape index (κ1) is 24.7. The molecule has 1 fully saturated rings. The number of carbonyl (C=O) groups is 2. The van der Waals surface area contributed by atoms with Crippen LogP contribution < -0.4 is 0 Å². The average Bonchev–Trinajstić information content (AvgIpc) is 2.79. The van der Waals surface area contributed by atoms with Gasteiger partial charge in [-0.05, 0) is 24.3 Å². The fourth-order valence-electron chi connectivity index (χ4n) is 3.10. The molecule has 1 heterocycles. The van der Waals surface area contributed by atoms with Crippen LogP contribution in [0.5, 0.6) is 34.5 Å². The Hall–Kier alpha value is -3.98. The SMILES string of the molecule is O=C(O[C@H]1O[C@H](CO)[C@@H](OC(=O)c2cc(O)c(O)c(O)c2)[C@H](O)[C@H]1O)c1cc(O)c(O)c(O)c1. The van der Waals surface area contributed by atoms with E-state index in [9.17, 15) is 55.5 Å². The second kappa shape index (κ2) is 9.48. The molecular weight excluding hydrogens is 464 g/mol. The highest BCUT2D eigenvalue weighted by molar-refractivity contribution is 5.92. The highest BCUT2D eigenvalue weighted by Crippen LogP contribution is 2.37. The van der Waals surface area contributed by atoms with Crippen LogP contribution in [0.15, 0.2) is 24.3 Å². The van der Waals surface area contributed by atoms with Gasteiger partial charge in [0.1, 0.15) is 18.3 Å². The zero-order valence-electron chi connectivity index (χ0n) is 17.0. The fourth-order valence-corrected chi connectivity index (χ4v) is 3.10. The topological polar surface area (TPSA) is 244 Å². The van der Waals surface area contributed by atoms with Gasteiger partial charge in [-0.15, -0.1) is 0 Å². The number of phenols is 6. The van der Waals surface area contributed by atoms with E-state index in [-0.39, 0.29) is 0 Å². The Morgan fingerprint density at radius 3 is 1.56 bits per heavy atom. The fraction of sp³-hybridized carbons (Fsp3) is 0.300. The van der Waals surface area contributed by atoms with Crippen molar-refractivity contribution in [2.75, 3.05) is 6.61 Å². The minimum atomic E-state index is -2.01. The smallest absolute Gasteiger partial charge is 0.340 e. The van der Waals surface area contributed by atoms with E-state index in [2.05, 4.69) is 0 Å². The lowest BCUT2D eigenvalue weighted by Crippen LogP contribution is -2.60. The molecule has 0 aliphatic carbocycles. The summed E-state index contributed by atoms with van der Waals surface area (Å²) in [6.45, 7) is -0.886. The molecule has 2 aromatic rings. The Morgan fingerprint density at radius 2 is 1.15 bits per heavy atom. The van der Waals surface area contributed by atoms with Crippen LogP contribution in [0, 0.1) is 0 Å². The van der Waals surface area contributed by atoms with Crippen molar-refractivity contribution in [1.29, 1.82) is 0 Å². The summed E-state index contributed by atoms with van der Waals surface area (Å²) in [6.07, 6.45) is -9.10. The molecule has 0 amide bonds. The molecule has 184 valence electrons. The molecule has 1 aliphatic rings. The Morgan fingerprint density at radius 1 is 0.735 bits per heavy atom. The standard InChI is InChI=1S/C20H20O14/c21-5-12-17(33-18(30)6-1-8(22)13(26)9(23)2-6)15(28)16(29)20(32-12)34-19(31)7-3-10(24)14(27)11(25)4-7/h1-4,12,15-17,20-29H,5H2/t12-,15-,16-,17-,20-/m1/s1. The van der Waals surface area contributed by atoms with E-state index in [1.165, 1.54) is 0 Å². The van der Waals surface area contributed by atoms with Crippen LogP contribution in [0.4, 0.5) is 0 Å². The Kier molecular flexibility index (Phi) is 6.88. The highest BCUT2D eigenvalue weighted by Gasteiger charge is 2.48. The number of rotatable bonds is 5. The normalized spacial score (nSPS) is 24.4. The number of hydrogen-bond donors (Lipinski definition) is 9. The van der Waals surface area contributed by atoms with Gasteiger partial charge in [-0.25, -0.2) is 9.59 Å². The number of aliphatic hydroxyl groups excluding tert-OH is 3. The molecule has 1 saturated heterocycles. The lowest BCUT2D eigenvalue weighted by molar-refractivity contribution is -0.284. The first-order chi connectivity index (χ1) is 15.9. The minimum Gasteiger partial charge on any atom is -0.504 e. The second-order valence-electron chi connectivity index (χ2n) is 7.21. The van der Waals surface area contributed by atoms with Crippen molar-refractivity contribution in [3.63, 3.8) is 0 Å². The summed E-state index contributed by atoms with van der Waals surface area (Å²) in [5, 5.41) is 87.1. The van der Waals surface area contributed by atoms with Crippen LogP contribution in [0.3, 0.4) is 0 Å². The maximum Gasteiger partial charge on any atom is 0.340 e. The van der Waals surface area contributed by atoms with Crippen molar-refractivity contribution >= 4 is 11.9 Å². The number of aliphatic hydroxyl groups is 3. The molecule has 0 saturated carbocycles. The van der Waals surface area contributed by atoms with Crippen molar-refractivity contribution in [3.8, 4) is 34.5 Å². The molecule has 14 nitrogen and oxygen atoms in total. The number of aromatic hydroxyl groups is 6. The zero-order valence-corrected chi connectivity index (χ0v) is 17.0. The van der Waals surface area contributed by atoms with Gasteiger partial charge in [-0.2, -0.15) is 0 Å². The predicted molar refractivity (Wildman–Crippen MR) is 105 cm³/mol. The summed E-state index contributed by atoms with van der Waals surface area (Å²) in [6, 6.07) is 3.01. The highest BCUT2D eigenvalue weighted by atomic mass is 16.7. The minimum absolute atomic E-state index is 0.452. The van der Waals surface area contributed by atoms with Gasteiger partial charge in [-0.3, -0.25) is 0 Å². The molecular formula is C20H20O14. The molecule has 0 bridgehead atoms. The van der Waals surface area contributed by atoms with Gasteiger partial charge in [0.15, 0.2) is 40.6 Å². The Bertz CT molecular complexity index is 1050. The van der Waals surface area contributed by atoms with Crippen LogP contribution >= 0.6 is 0 Å². The van der Waals surface area contributed by atoms with E-state index in [1.54, 1.807) is 0 Å². The molecule has 5 atom stereocenters. The summed E-state index contributed by atoms with van der Waals surface area (Å²) in [5.74, 6) is -7.65. The second-order valence-corrected chi connectivity index (χ2v) is 7.21. The molecule has 1 aliphatic heterocycles. The van der Waals surface area contributed by atoms with Crippen LogP contribution in [-0.2, 0) is 14.2 Å². The summed E-state index contributed by atoms with van der Waals surface area (Å²) in [5.41, 5.74) is -0.911. The summed E-state index contributed by atoms with van der Waals surface area (Å²) < 4.78 is 15.1. The number of hydrogen-bond acceptors (Lipinski definition) is 14. The van der Waals surface area contributed by atoms with Gasteiger partial charge < -0.3 is 60.2 Å². The molecule has 0 aromatic heterocycles. The van der Waals surface area contributed by atoms with Crippen molar-refractivity contribution < 1.29 is 69.8 Å². The van der Waals surface area contributed by atoms with Crippen molar-refractivity contribution in [3.05, 3.63) is 35.4 Å². The van der Waals surface area contributed by atoms with Gasteiger partial charge in [0.2, 0.25) is 6.29 Å². The predicted octanol–water partition coefficient (Wildman–Crippen LogP) is -1.26. The van der Waals surface area contributed by atoms with E-state index < -0.39 is 94.9 Å². The van der Waals surface area contributed by atoms with Crippen LogP contribution in [0.25, 0.3) is 0 Å². The number of esters is 2. The van der Waals surface area contributed by atoms with Crippen molar-refractivity contribution in [2.45, 2.75) is 30.7 Å². The molecule has 0 unspecified atom stereocenters. The zero-order chi connectivity index (χ0) is 25.3. The van der Waals surface area contributed by atoms with Crippen LogP contribution in [-0.4, -0.2) is 95.2 Å². The van der Waals surface area contributed by atoms with Crippen LogP contribution in [0.1, 0.15) is 20.7 Å². The molecule has 2 aromatic carbocycles. The Balaban J connectivity index is 1.75. The van der Waals surface area contributed by atoms with Gasteiger partial charge in [0.25, 0.3) is 0 Å². The summed E-state index contributed by atoms with van der Waals surface area (Å²) in [7, 11) is 0. The molecule has 0 spiro atoms. The van der Waals surface area contributed by atoms with E-state index in [1.807, 2.05) is 0 Å². The third-order valence-electron chi connectivity index (χ3n) is 4.90. The van der Waals surface area contributed by atoms with E-state index in [0.717, 1.165) is 24.3 Å². The monoisotopic (exact) mass is 484 g/mol. The maximum atomic E-state index is 12.4. The number of ether oxygens (including phenoxy) is 3. The Labute approximate surface area is 189 Å². The quantitative estimate of drug-likeness (QED) is 0.178. The third-order valence-corrected chi connectivity index (χ3v) is 4.90. The summed E-state index contributed by atoms with van der Waals surface area (Å²) >= 11 is 0. The molecule has 9 N–H and O–H groups in total. The molecule has 0 radical (unpaired) electrons. The lowest BCUT2D eigenvalue weighted by Gasteiger charge is -2.40. The lowest BCUT2D eigenvalue weighted by atomic mass is 9.98. The van der Waals surface area contributed by atoms with Gasteiger partial charge >= 0.3 is 11.9 Å². The number of carbonyl (C=O) groups excluding carboxylic acids is 2. The number of phenolic OH excluding ortho intramolecular Hbond substituents is 6. The first-order valence-corrected chi connectivity index (χ1v) is 9.48. The third kappa shape index (κ3) is 4.69. The van der Waals surface area contributed by atoms with Crippen molar-refractivity contribution in [2.24, 2.45) is 0 Å². The van der Waals surface area contributed by atoms with Crippen LogP contribution in [0.2, 0.25) is 0 Å². The van der Waals surface area contributed by atoms with Gasteiger partial charge in [0.05, 0.1) is 17.7 Å². The maximum absolute atomic E-state index is 12.4. The van der Waals surface area contributed by atoms with Crippen molar-refractivity contribution in [1.82, 2.24) is 0 Å². The molecule has 34 heavy (non-hydrogen) atoms. The van der Waals surface area contributed by atoms with Gasteiger partial charge in [0, 0.05) is 0 Å². The molecule has 3 rings (SSSR count). The van der Waals surface area contributed by atoms with E-state index in [0.29, 0.717) is 0 Å². The summed E-state index contributed by atoms with van der Waals surface area (Å²) in [4.78, 5) is 24.7. The van der Waals surface area contributed by atoms with Gasteiger partial charge in [-0.1, -0.05) is 0 Å². The molecule has 14 heteroatoms. The van der Waals surface area contributed by atoms with E-state index in [4.69, 9.17) is 14.2 Å². The largest absolute Gasteiger partial charge is 0.504 e. The first-order valence-electron chi connectivity index (χ1n) is 9.48.